The van der Waals surface area contributed by atoms with Crippen LogP contribution in [0.15, 0.2) is 30.7 Å². The molecule has 0 aliphatic heterocycles. The molecule has 20 heavy (non-hydrogen) atoms. The van der Waals surface area contributed by atoms with Crippen LogP contribution in [-0.2, 0) is 12.7 Å². The maximum absolute atomic E-state index is 12.7. The van der Waals surface area contributed by atoms with Gasteiger partial charge in [-0.1, -0.05) is 0 Å². The molecule has 0 radical (unpaired) electrons. The van der Waals surface area contributed by atoms with E-state index in [0.29, 0.717) is 5.69 Å². The van der Waals surface area contributed by atoms with E-state index >= 15 is 0 Å². The van der Waals surface area contributed by atoms with E-state index in [0.717, 1.165) is 12.1 Å². The number of hydrogen-bond acceptors (Lipinski definition) is 6. The van der Waals surface area contributed by atoms with Gasteiger partial charge in [0, 0.05) is 6.20 Å². The molecular weight excluding hydrogens is 273 g/mol. The van der Waals surface area contributed by atoms with Gasteiger partial charge in [-0.3, -0.25) is 0 Å². The lowest BCUT2D eigenvalue weighted by atomic mass is 10.2. The predicted octanol–water partition coefficient (Wildman–Crippen LogP) is 1.79. The Bertz CT molecular complexity index is 572. The van der Waals surface area contributed by atoms with Crippen molar-refractivity contribution in [2.24, 2.45) is 5.84 Å². The Morgan fingerprint density at radius 2 is 1.95 bits per heavy atom. The number of nitrogens with one attached hydrogen (secondary N) is 2. The Kier molecular flexibility index (Phi) is 3.99. The van der Waals surface area contributed by atoms with Gasteiger partial charge in [-0.25, -0.2) is 20.8 Å². The van der Waals surface area contributed by atoms with Crippen LogP contribution in [0.3, 0.4) is 0 Å². The summed E-state index contributed by atoms with van der Waals surface area (Å²) in [4.78, 5) is 11.6. The van der Waals surface area contributed by atoms with Gasteiger partial charge in [-0.05, 0) is 18.2 Å². The summed E-state index contributed by atoms with van der Waals surface area (Å²) >= 11 is 0. The third-order valence-corrected chi connectivity index (χ3v) is 2.39. The summed E-state index contributed by atoms with van der Waals surface area (Å²) in [6.45, 7) is 0.223. The van der Waals surface area contributed by atoms with Crippen molar-refractivity contribution in [1.29, 1.82) is 0 Å². The van der Waals surface area contributed by atoms with Crippen molar-refractivity contribution in [2.45, 2.75) is 12.7 Å². The number of nitrogens with zero attached hydrogens (tertiary/aromatic N) is 3. The molecule has 0 saturated heterocycles. The van der Waals surface area contributed by atoms with Gasteiger partial charge in [0.25, 0.3) is 0 Å². The van der Waals surface area contributed by atoms with Crippen molar-refractivity contribution in [3.8, 4) is 0 Å². The molecule has 0 atom stereocenters. The van der Waals surface area contributed by atoms with Gasteiger partial charge >= 0.3 is 6.18 Å². The Hall–Kier alpha value is -2.42. The average Bonchev–Trinajstić information content (AvgIpc) is 2.45. The smallest absolute Gasteiger partial charge is 0.364 e. The van der Waals surface area contributed by atoms with Gasteiger partial charge < -0.3 is 10.7 Å². The summed E-state index contributed by atoms with van der Waals surface area (Å²) in [5.41, 5.74) is 1.89. The lowest BCUT2D eigenvalue weighted by Gasteiger charge is -2.12. The van der Waals surface area contributed by atoms with Crippen LogP contribution in [0.25, 0.3) is 0 Å². The third kappa shape index (κ3) is 3.54. The highest BCUT2D eigenvalue weighted by atomic mass is 19.4. The van der Waals surface area contributed by atoms with E-state index in [4.69, 9.17) is 5.84 Å². The van der Waals surface area contributed by atoms with Gasteiger partial charge in [0.2, 0.25) is 0 Å². The van der Waals surface area contributed by atoms with Crippen LogP contribution in [0.5, 0.6) is 0 Å². The summed E-state index contributed by atoms with van der Waals surface area (Å²) in [6, 6.07) is 3.38. The summed E-state index contributed by atoms with van der Waals surface area (Å²) in [6.07, 6.45) is -1.58. The second-order valence-electron chi connectivity index (χ2n) is 3.82. The van der Waals surface area contributed by atoms with Crippen molar-refractivity contribution in [3.63, 3.8) is 0 Å². The van der Waals surface area contributed by atoms with Crippen molar-refractivity contribution < 1.29 is 13.2 Å². The average molecular weight is 284 g/mol. The number of anilines is 2. The van der Waals surface area contributed by atoms with E-state index in [1.54, 1.807) is 6.07 Å². The monoisotopic (exact) mass is 284 g/mol. The van der Waals surface area contributed by atoms with Crippen LogP contribution in [-0.4, -0.2) is 15.0 Å². The van der Waals surface area contributed by atoms with Crippen molar-refractivity contribution >= 4 is 11.6 Å². The van der Waals surface area contributed by atoms with Gasteiger partial charge in [0.15, 0.2) is 0 Å². The first-order chi connectivity index (χ1) is 9.49. The molecule has 0 aromatic carbocycles. The molecule has 0 unspecified atom stereocenters. The molecule has 0 aliphatic carbocycles. The van der Waals surface area contributed by atoms with E-state index in [9.17, 15) is 13.2 Å². The van der Waals surface area contributed by atoms with E-state index in [1.807, 2.05) is 0 Å². The standard InChI is InChI=1S/C11H11F3N6/c12-11(13,14)7-3-9(19-10(4-7)20-15)17-5-8-1-2-16-6-18-8/h1-4,6H,5,15H2,(H2,17,19,20). The minimum Gasteiger partial charge on any atom is -0.364 e. The molecule has 0 spiro atoms. The number of aromatic nitrogens is 3. The molecule has 2 aromatic rings. The number of nitrogens with two attached hydrogens (primary N) is 1. The number of alkyl halides is 3. The molecule has 2 rings (SSSR count). The fourth-order valence-corrected chi connectivity index (χ4v) is 1.46. The first-order valence-electron chi connectivity index (χ1n) is 5.53. The predicted molar refractivity (Wildman–Crippen MR) is 66.4 cm³/mol. The molecule has 0 aliphatic rings. The normalized spacial score (nSPS) is 11.2. The van der Waals surface area contributed by atoms with E-state index in [2.05, 4.69) is 25.7 Å². The lowest BCUT2D eigenvalue weighted by Crippen LogP contribution is -2.14. The number of nitrogen functional groups attached to an aromatic ring is 1. The molecule has 0 saturated carbocycles. The van der Waals surface area contributed by atoms with Crippen molar-refractivity contribution in [3.05, 3.63) is 42.0 Å². The second kappa shape index (κ2) is 5.70. The Morgan fingerprint density at radius 1 is 1.20 bits per heavy atom. The summed E-state index contributed by atoms with van der Waals surface area (Å²) < 4.78 is 38.1. The Balaban J connectivity index is 2.19. The first-order valence-corrected chi connectivity index (χ1v) is 5.53. The Labute approximate surface area is 112 Å². The highest BCUT2D eigenvalue weighted by molar-refractivity contribution is 5.49. The molecule has 4 N–H and O–H groups in total. The summed E-state index contributed by atoms with van der Waals surface area (Å²) in [5.74, 6) is 5.08. The molecule has 9 heteroatoms. The van der Waals surface area contributed by atoms with Crippen LogP contribution in [0.1, 0.15) is 11.3 Å². The minimum atomic E-state index is -4.47. The van der Waals surface area contributed by atoms with Crippen molar-refractivity contribution in [1.82, 2.24) is 15.0 Å². The van der Waals surface area contributed by atoms with Gasteiger partial charge in [0.1, 0.15) is 18.0 Å². The van der Waals surface area contributed by atoms with E-state index in [1.165, 1.54) is 12.5 Å². The van der Waals surface area contributed by atoms with E-state index < -0.39 is 11.7 Å². The van der Waals surface area contributed by atoms with Gasteiger partial charge in [0.05, 0.1) is 17.8 Å². The molecule has 2 heterocycles. The zero-order chi connectivity index (χ0) is 14.6. The maximum atomic E-state index is 12.7. The Morgan fingerprint density at radius 3 is 2.55 bits per heavy atom. The number of pyridine rings is 1. The van der Waals surface area contributed by atoms with Crippen molar-refractivity contribution in [2.75, 3.05) is 10.7 Å². The number of hydrogen-bond donors (Lipinski definition) is 3. The van der Waals surface area contributed by atoms with E-state index in [-0.39, 0.29) is 18.2 Å². The first kappa shape index (κ1) is 14.0. The molecule has 0 fully saturated rings. The van der Waals surface area contributed by atoms with Crippen LogP contribution >= 0.6 is 0 Å². The number of hydrazine groups is 1. The zero-order valence-corrected chi connectivity index (χ0v) is 10.1. The number of rotatable bonds is 4. The summed E-state index contributed by atoms with van der Waals surface area (Å²) in [5, 5.41) is 2.75. The minimum absolute atomic E-state index is 0.0476. The fraction of sp³-hybridized carbons (Fsp3) is 0.182. The zero-order valence-electron chi connectivity index (χ0n) is 10.1. The SMILES string of the molecule is NNc1cc(C(F)(F)F)cc(NCc2ccncn2)n1. The molecular formula is C11H11F3N6. The van der Waals surface area contributed by atoms with Gasteiger partial charge in [-0.2, -0.15) is 13.2 Å². The van der Waals surface area contributed by atoms with Crippen LogP contribution in [0.2, 0.25) is 0 Å². The highest BCUT2D eigenvalue weighted by Crippen LogP contribution is 2.31. The summed E-state index contributed by atoms with van der Waals surface area (Å²) in [7, 11) is 0. The van der Waals surface area contributed by atoms with Gasteiger partial charge in [-0.15, -0.1) is 0 Å². The molecule has 106 valence electrons. The lowest BCUT2D eigenvalue weighted by molar-refractivity contribution is -0.137. The molecule has 0 amide bonds. The highest BCUT2D eigenvalue weighted by Gasteiger charge is 2.31. The second-order valence-corrected chi connectivity index (χ2v) is 3.82. The largest absolute Gasteiger partial charge is 0.416 e. The molecule has 6 nitrogen and oxygen atoms in total. The third-order valence-electron chi connectivity index (χ3n) is 2.39. The molecule has 2 aromatic heterocycles. The topological polar surface area (TPSA) is 88.8 Å². The van der Waals surface area contributed by atoms with Crippen LogP contribution in [0.4, 0.5) is 24.8 Å². The quantitative estimate of drug-likeness (QED) is 0.586. The fourth-order valence-electron chi connectivity index (χ4n) is 1.46. The van der Waals surface area contributed by atoms with Crippen LogP contribution < -0.4 is 16.6 Å². The maximum Gasteiger partial charge on any atom is 0.416 e. The molecule has 0 bridgehead atoms. The van der Waals surface area contributed by atoms with Crippen LogP contribution in [0, 0.1) is 0 Å². The number of halogens is 3.